The highest BCUT2D eigenvalue weighted by Gasteiger charge is 2.12. The summed E-state index contributed by atoms with van der Waals surface area (Å²) in [6.45, 7) is 1.46. The van der Waals surface area contributed by atoms with Crippen LogP contribution in [-0.4, -0.2) is 14.9 Å². The third-order valence-electron chi connectivity index (χ3n) is 2.44. The fourth-order valence-electron chi connectivity index (χ4n) is 1.57. The van der Waals surface area contributed by atoms with Crippen LogP contribution in [0, 0.1) is 6.92 Å². The Kier molecular flexibility index (Phi) is 2.85. The highest BCUT2D eigenvalue weighted by Crippen LogP contribution is 2.18. The van der Waals surface area contributed by atoms with Crippen molar-refractivity contribution in [3.8, 4) is 5.69 Å². The van der Waals surface area contributed by atoms with Crippen molar-refractivity contribution in [2.24, 2.45) is 0 Å². The molecule has 0 aliphatic heterocycles. The molecule has 0 aliphatic carbocycles. The van der Waals surface area contributed by atoms with Crippen LogP contribution in [0.4, 0.5) is 0 Å². The van der Waals surface area contributed by atoms with Gasteiger partial charge in [-0.05, 0) is 19.1 Å². The standard InChI is InChI=1S/C11H11ClN2O2/c1-7-8(6-15)11(16)14(13-7)10-5-3-2-4-9(10)12/h2-5,13,15H,6H2,1H3. The number of para-hydroxylation sites is 1. The van der Waals surface area contributed by atoms with Crippen molar-refractivity contribution in [2.45, 2.75) is 13.5 Å². The molecule has 0 atom stereocenters. The summed E-state index contributed by atoms with van der Waals surface area (Å²) in [5, 5.41) is 12.4. The molecule has 0 radical (unpaired) electrons. The summed E-state index contributed by atoms with van der Waals surface area (Å²) in [4.78, 5) is 11.9. The fourth-order valence-corrected chi connectivity index (χ4v) is 1.79. The van der Waals surface area contributed by atoms with Crippen LogP contribution in [0.5, 0.6) is 0 Å². The smallest absolute Gasteiger partial charge is 0.277 e. The predicted octanol–water partition coefficient (Wildman–Crippen LogP) is 1.62. The lowest BCUT2D eigenvalue weighted by molar-refractivity contribution is 0.280. The van der Waals surface area contributed by atoms with Crippen LogP contribution in [0.2, 0.25) is 5.02 Å². The first-order chi connectivity index (χ1) is 7.65. The molecule has 0 aliphatic rings. The Morgan fingerprint density at radius 3 is 2.69 bits per heavy atom. The van der Waals surface area contributed by atoms with Gasteiger partial charge in [0.1, 0.15) is 0 Å². The monoisotopic (exact) mass is 238 g/mol. The van der Waals surface area contributed by atoms with Crippen LogP contribution in [0.25, 0.3) is 5.69 Å². The van der Waals surface area contributed by atoms with Crippen LogP contribution >= 0.6 is 11.6 Å². The number of hydrogen-bond acceptors (Lipinski definition) is 2. The second-order valence-corrected chi connectivity index (χ2v) is 3.87. The Balaban J connectivity index is 2.67. The van der Waals surface area contributed by atoms with Crippen molar-refractivity contribution in [1.82, 2.24) is 9.78 Å². The fraction of sp³-hybridized carbons (Fsp3) is 0.182. The first-order valence-corrected chi connectivity index (χ1v) is 5.19. The third-order valence-corrected chi connectivity index (χ3v) is 2.76. The normalized spacial score (nSPS) is 10.7. The molecule has 0 saturated heterocycles. The number of aliphatic hydroxyl groups is 1. The largest absolute Gasteiger partial charge is 0.391 e. The number of halogens is 1. The maximum atomic E-state index is 11.9. The Morgan fingerprint density at radius 1 is 1.44 bits per heavy atom. The van der Waals surface area contributed by atoms with E-state index in [9.17, 15) is 4.79 Å². The maximum absolute atomic E-state index is 11.9. The molecule has 84 valence electrons. The van der Waals surface area contributed by atoms with E-state index < -0.39 is 0 Å². The zero-order valence-corrected chi connectivity index (χ0v) is 9.45. The van der Waals surface area contributed by atoms with Gasteiger partial charge in [-0.15, -0.1) is 0 Å². The minimum atomic E-state index is -0.279. The van der Waals surface area contributed by atoms with Gasteiger partial charge >= 0.3 is 0 Å². The Labute approximate surface area is 97.1 Å². The van der Waals surface area contributed by atoms with E-state index in [1.54, 1.807) is 31.2 Å². The van der Waals surface area contributed by atoms with Crippen LogP contribution in [0.15, 0.2) is 29.1 Å². The molecule has 0 saturated carbocycles. The minimum Gasteiger partial charge on any atom is -0.391 e. The maximum Gasteiger partial charge on any atom is 0.277 e. The summed E-state index contributed by atoms with van der Waals surface area (Å²) >= 11 is 5.99. The number of hydrogen-bond donors (Lipinski definition) is 2. The van der Waals surface area contributed by atoms with Gasteiger partial charge in [-0.3, -0.25) is 9.89 Å². The van der Waals surface area contributed by atoms with Crippen LogP contribution in [0.1, 0.15) is 11.3 Å². The molecule has 0 fully saturated rings. The molecule has 2 rings (SSSR count). The average molecular weight is 239 g/mol. The SMILES string of the molecule is Cc1[nH]n(-c2ccccc2Cl)c(=O)c1CO. The summed E-state index contributed by atoms with van der Waals surface area (Å²) in [5.41, 5.74) is 1.32. The molecule has 2 aromatic rings. The van der Waals surface area contributed by atoms with Gasteiger partial charge in [-0.2, -0.15) is 0 Å². The molecule has 4 nitrogen and oxygen atoms in total. The Bertz CT molecular complexity index is 572. The van der Waals surface area contributed by atoms with Gasteiger partial charge in [-0.1, -0.05) is 23.7 Å². The van der Waals surface area contributed by atoms with E-state index in [0.29, 0.717) is 22.0 Å². The molecule has 2 N–H and O–H groups in total. The van der Waals surface area contributed by atoms with Crippen molar-refractivity contribution < 1.29 is 5.11 Å². The number of H-pyrrole nitrogens is 1. The Morgan fingerprint density at radius 2 is 2.12 bits per heavy atom. The van der Waals surface area contributed by atoms with Gasteiger partial charge in [-0.25, -0.2) is 4.68 Å². The molecular formula is C11H11ClN2O2. The molecule has 1 aromatic carbocycles. The molecular weight excluding hydrogens is 228 g/mol. The van der Waals surface area contributed by atoms with E-state index in [1.165, 1.54) is 4.68 Å². The highest BCUT2D eigenvalue weighted by atomic mass is 35.5. The number of nitrogens with zero attached hydrogens (tertiary/aromatic N) is 1. The van der Waals surface area contributed by atoms with Crippen LogP contribution in [-0.2, 0) is 6.61 Å². The molecule has 16 heavy (non-hydrogen) atoms. The lowest BCUT2D eigenvalue weighted by Gasteiger charge is -2.03. The quantitative estimate of drug-likeness (QED) is 0.835. The van der Waals surface area contributed by atoms with E-state index in [1.807, 2.05) is 0 Å². The molecule has 0 unspecified atom stereocenters. The number of aromatic amines is 1. The number of aliphatic hydroxyl groups excluding tert-OH is 1. The number of rotatable bonds is 2. The van der Waals surface area contributed by atoms with Gasteiger partial charge in [0.2, 0.25) is 0 Å². The van der Waals surface area contributed by atoms with Gasteiger partial charge in [0.05, 0.1) is 22.9 Å². The Hall–Kier alpha value is -1.52. The zero-order chi connectivity index (χ0) is 11.7. The van der Waals surface area contributed by atoms with Gasteiger partial charge in [0.15, 0.2) is 0 Å². The lowest BCUT2D eigenvalue weighted by atomic mass is 10.3. The predicted molar refractivity (Wildman–Crippen MR) is 62.1 cm³/mol. The molecule has 1 aromatic heterocycles. The van der Waals surface area contributed by atoms with Crippen molar-refractivity contribution in [2.75, 3.05) is 0 Å². The number of benzene rings is 1. The van der Waals surface area contributed by atoms with Gasteiger partial charge < -0.3 is 5.11 Å². The van der Waals surface area contributed by atoms with Crippen molar-refractivity contribution in [1.29, 1.82) is 0 Å². The first-order valence-electron chi connectivity index (χ1n) is 4.81. The molecule has 0 spiro atoms. The summed E-state index contributed by atoms with van der Waals surface area (Å²) < 4.78 is 1.34. The third kappa shape index (κ3) is 1.66. The van der Waals surface area contributed by atoms with Crippen molar-refractivity contribution in [3.05, 3.63) is 50.9 Å². The van der Waals surface area contributed by atoms with Crippen LogP contribution in [0.3, 0.4) is 0 Å². The van der Waals surface area contributed by atoms with Crippen LogP contribution < -0.4 is 5.56 Å². The van der Waals surface area contributed by atoms with E-state index >= 15 is 0 Å². The summed E-state index contributed by atoms with van der Waals surface area (Å²) in [6, 6.07) is 7.03. The second kappa shape index (κ2) is 4.15. The number of nitrogens with one attached hydrogen (secondary N) is 1. The number of aryl methyl sites for hydroxylation is 1. The first kappa shape index (κ1) is 11.0. The van der Waals surface area contributed by atoms with Gasteiger partial charge in [0.25, 0.3) is 5.56 Å². The molecule has 1 heterocycles. The van der Waals surface area contributed by atoms with E-state index in [2.05, 4.69) is 5.10 Å². The summed E-state index contributed by atoms with van der Waals surface area (Å²) in [7, 11) is 0. The molecule has 5 heteroatoms. The number of aromatic nitrogens is 2. The highest BCUT2D eigenvalue weighted by molar-refractivity contribution is 6.32. The topological polar surface area (TPSA) is 58.0 Å². The summed E-state index contributed by atoms with van der Waals surface area (Å²) in [5.74, 6) is 0. The molecule has 0 amide bonds. The lowest BCUT2D eigenvalue weighted by Crippen LogP contribution is -2.17. The molecule has 0 bridgehead atoms. The average Bonchev–Trinajstić information content (AvgIpc) is 2.55. The second-order valence-electron chi connectivity index (χ2n) is 3.47. The van der Waals surface area contributed by atoms with Crippen molar-refractivity contribution in [3.63, 3.8) is 0 Å². The van der Waals surface area contributed by atoms with Crippen molar-refractivity contribution >= 4 is 11.6 Å². The van der Waals surface area contributed by atoms with E-state index in [0.717, 1.165) is 0 Å². The summed E-state index contributed by atoms with van der Waals surface area (Å²) in [6.07, 6.45) is 0. The van der Waals surface area contributed by atoms with E-state index in [-0.39, 0.29) is 12.2 Å². The zero-order valence-electron chi connectivity index (χ0n) is 8.70. The van der Waals surface area contributed by atoms with E-state index in [4.69, 9.17) is 16.7 Å². The van der Waals surface area contributed by atoms with Gasteiger partial charge in [0, 0.05) is 5.69 Å². The minimum absolute atomic E-state index is 0.270.